The zero-order valence-corrected chi connectivity index (χ0v) is 18.0. The van der Waals surface area contributed by atoms with Crippen LogP contribution in [0.15, 0.2) is 35.5 Å². The fourth-order valence-corrected chi connectivity index (χ4v) is 3.39. The summed E-state index contributed by atoms with van der Waals surface area (Å²) in [4.78, 5) is 26.3. The van der Waals surface area contributed by atoms with Gasteiger partial charge >= 0.3 is 5.97 Å². The van der Waals surface area contributed by atoms with Crippen molar-refractivity contribution in [1.29, 1.82) is 0 Å². The fourth-order valence-electron chi connectivity index (χ4n) is 3.00. The largest absolute Gasteiger partial charge is 0.462 e. The highest BCUT2D eigenvalue weighted by Gasteiger charge is 2.34. The number of carbonyl (C=O) groups excluding carboxylic acids is 2. The van der Waals surface area contributed by atoms with E-state index in [9.17, 15) is 9.59 Å². The highest BCUT2D eigenvalue weighted by atomic mass is 32.1. The van der Waals surface area contributed by atoms with Crippen molar-refractivity contribution in [2.75, 3.05) is 18.5 Å². The van der Waals surface area contributed by atoms with Crippen LogP contribution in [0.25, 0.3) is 0 Å². The van der Waals surface area contributed by atoms with Crippen LogP contribution >= 0.6 is 12.2 Å². The molecule has 7 heteroatoms. The highest BCUT2D eigenvalue weighted by Crippen LogP contribution is 2.32. The number of thiocarbonyl (C=S) groups is 1. The maximum atomic E-state index is 12.9. The Hall–Kier alpha value is -2.41. The Morgan fingerprint density at radius 1 is 1.25 bits per heavy atom. The first-order valence-electron chi connectivity index (χ1n) is 9.64. The number of rotatable bonds is 7. The van der Waals surface area contributed by atoms with Crippen LogP contribution in [0.2, 0.25) is 0 Å². The van der Waals surface area contributed by atoms with Crippen molar-refractivity contribution in [3.63, 3.8) is 0 Å². The summed E-state index contributed by atoms with van der Waals surface area (Å²) in [5.41, 5.74) is 2.95. The number of anilines is 1. The molecule has 1 unspecified atom stereocenters. The van der Waals surface area contributed by atoms with Crippen molar-refractivity contribution < 1.29 is 14.3 Å². The van der Waals surface area contributed by atoms with E-state index in [2.05, 4.69) is 10.6 Å². The van der Waals surface area contributed by atoms with Gasteiger partial charge in [-0.15, -0.1) is 0 Å². The number of hydrogen-bond acceptors (Lipinski definition) is 4. The van der Waals surface area contributed by atoms with Gasteiger partial charge < -0.3 is 20.3 Å². The number of carbonyl (C=O) groups is 2. The summed E-state index contributed by atoms with van der Waals surface area (Å²) in [5.74, 6) is -0.130. The van der Waals surface area contributed by atoms with Gasteiger partial charge in [-0.1, -0.05) is 32.9 Å². The van der Waals surface area contributed by atoms with E-state index < -0.39 is 6.04 Å². The topological polar surface area (TPSA) is 70.7 Å². The van der Waals surface area contributed by atoms with Crippen molar-refractivity contribution in [1.82, 2.24) is 10.2 Å². The molecule has 0 spiro atoms. The van der Waals surface area contributed by atoms with Gasteiger partial charge in [0.15, 0.2) is 5.11 Å². The summed E-state index contributed by atoms with van der Waals surface area (Å²) in [6, 6.07) is 7.02. The van der Waals surface area contributed by atoms with Crippen molar-refractivity contribution in [2.24, 2.45) is 5.92 Å². The fraction of sp³-hybridized carbons (Fsp3) is 0.476. The zero-order chi connectivity index (χ0) is 20.8. The van der Waals surface area contributed by atoms with E-state index in [4.69, 9.17) is 17.0 Å². The molecule has 0 saturated heterocycles. The van der Waals surface area contributed by atoms with E-state index in [0.717, 1.165) is 11.3 Å². The molecule has 0 fully saturated rings. The number of nitrogens with one attached hydrogen (secondary N) is 2. The van der Waals surface area contributed by atoms with Crippen molar-refractivity contribution in [3.05, 3.63) is 41.1 Å². The van der Waals surface area contributed by atoms with Gasteiger partial charge in [-0.25, -0.2) is 4.79 Å². The van der Waals surface area contributed by atoms with Crippen LogP contribution in [0.5, 0.6) is 0 Å². The van der Waals surface area contributed by atoms with Gasteiger partial charge in [0.25, 0.3) is 0 Å². The summed E-state index contributed by atoms with van der Waals surface area (Å²) in [5, 5.41) is 6.67. The average Bonchev–Trinajstić information content (AvgIpc) is 2.66. The first kappa shape index (κ1) is 21.9. The Morgan fingerprint density at radius 2 is 1.89 bits per heavy atom. The standard InChI is InChI=1S/C21H29N3O3S/c1-6-17(25)22-16-10-8-15(9-11-16)19-18(20(26)27-12-13(3)4)14(5)24(7-2)21(28)23-19/h8-11,13,19H,6-7,12H2,1-5H3,(H,22,25)(H,23,28). The second kappa shape index (κ2) is 9.68. The Labute approximate surface area is 172 Å². The second-order valence-electron chi connectivity index (χ2n) is 7.14. The maximum Gasteiger partial charge on any atom is 0.338 e. The van der Waals surface area contributed by atoms with Crippen LogP contribution in [-0.4, -0.2) is 35.0 Å². The van der Waals surface area contributed by atoms with Gasteiger partial charge in [-0.05, 0) is 49.7 Å². The molecule has 0 aromatic heterocycles. The maximum absolute atomic E-state index is 12.9. The summed E-state index contributed by atoms with van der Waals surface area (Å²) < 4.78 is 5.52. The third kappa shape index (κ3) is 5.10. The number of esters is 1. The molecule has 0 saturated carbocycles. The number of ether oxygens (including phenoxy) is 1. The van der Waals surface area contributed by atoms with Gasteiger partial charge in [0, 0.05) is 24.4 Å². The molecule has 2 rings (SSSR count). The highest BCUT2D eigenvalue weighted by molar-refractivity contribution is 7.80. The zero-order valence-electron chi connectivity index (χ0n) is 17.2. The van der Waals surface area contributed by atoms with Gasteiger partial charge in [0.2, 0.25) is 5.91 Å². The average molecular weight is 404 g/mol. The predicted octanol–water partition coefficient (Wildman–Crippen LogP) is 3.76. The molecule has 1 aromatic carbocycles. The van der Waals surface area contributed by atoms with Crippen LogP contribution < -0.4 is 10.6 Å². The lowest BCUT2D eigenvalue weighted by molar-refractivity contribution is -0.140. The third-order valence-electron chi connectivity index (χ3n) is 4.53. The van der Waals surface area contributed by atoms with E-state index in [1.54, 1.807) is 6.92 Å². The first-order chi connectivity index (χ1) is 13.3. The molecule has 1 aliphatic heterocycles. The SMILES string of the molecule is CCC(=O)Nc1ccc(C2NC(=S)N(CC)C(C)=C2C(=O)OCC(C)C)cc1. The Kier molecular flexibility index (Phi) is 7.57. The van der Waals surface area contributed by atoms with Crippen LogP contribution in [0, 0.1) is 5.92 Å². The molecule has 1 atom stereocenters. The molecule has 28 heavy (non-hydrogen) atoms. The molecule has 2 N–H and O–H groups in total. The molecule has 0 aliphatic carbocycles. The molecular formula is C21H29N3O3S. The summed E-state index contributed by atoms with van der Waals surface area (Å²) >= 11 is 5.50. The number of amides is 1. The molecule has 0 radical (unpaired) electrons. The van der Waals surface area contributed by atoms with Crippen LogP contribution in [0.3, 0.4) is 0 Å². The van der Waals surface area contributed by atoms with Crippen LogP contribution in [0.1, 0.15) is 52.6 Å². The first-order valence-corrected chi connectivity index (χ1v) is 10.0. The third-order valence-corrected chi connectivity index (χ3v) is 4.87. The lowest BCUT2D eigenvalue weighted by atomic mass is 9.94. The lowest BCUT2D eigenvalue weighted by Gasteiger charge is -2.37. The minimum Gasteiger partial charge on any atom is -0.462 e. The molecule has 152 valence electrons. The van der Waals surface area contributed by atoms with Crippen LogP contribution in [-0.2, 0) is 14.3 Å². The second-order valence-corrected chi connectivity index (χ2v) is 7.53. The van der Waals surface area contributed by atoms with Crippen molar-refractivity contribution in [2.45, 2.75) is 47.1 Å². The lowest BCUT2D eigenvalue weighted by Crippen LogP contribution is -2.47. The van der Waals surface area contributed by atoms with E-state index in [-0.39, 0.29) is 17.8 Å². The van der Waals surface area contributed by atoms with E-state index in [1.165, 1.54) is 0 Å². The minimum absolute atomic E-state index is 0.0444. The molecule has 1 aromatic rings. The normalized spacial score (nSPS) is 16.9. The molecule has 6 nitrogen and oxygen atoms in total. The monoisotopic (exact) mass is 403 g/mol. The Morgan fingerprint density at radius 3 is 2.43 bits per heavy atom. The summed E-state index contributed by atoms with van der Waals surface area (Å²) in [6.45, 7) is 10.7. The van der Waals surface area contributed by atoms with Crippen molar-refractivity contribution in [3.8, 4) is 0 Å². The van der Waals surface area contributed by atoms with Crippen LogP contribution in [0.4, 0.5) is 5.69 Å². The van der Waals surface area contributed by atoms with Gasteiger partial charge in [-0.3, -0.25) is 4.79 Å². The van der Waals surface area contributed by atoms with Gasteiger partial charge in [0.1, 0.15) is 0 Å². The Bertz CT molecular complexity index is 772. The molecule has 1 heterocycles. The van der Waals surface area contributed by atoms with E-state index in [0.29, 0.717) is 35.9 Å². The van der Waals surface area contributed by atoms with Gasteiger partial charge in [-0.2, -0.15) is 0 Å². The summed E-state index contributed by atoms with van der Waals surface area (Å²) in [7, 11) is 0. The number of allylic oxidation sites excluding steroid dienone is 1. The van der Waals surface area contributed by atoms with Gasteiger partial charge in [0.05, 0.1) is 18.2 Å². The number of nitrogens with zero attached hydrogens (tertiary/aromatic N) is 1. The number of benzene rings is 1. The molecule has 1 amide bonds. The van der Waals surface area contributed by atoms with E-state index in [1.807, 2.05) is 56.9 Å². The minimum atomic E-state index is -0.397. The molecular weight excluding hydrogens is 374 g/mol. The smallest absolute Gasteiger partial charge is 0.338 e. The van der Waals surface area contributed by atoms with E-state index >= 15 is 0 Å². The molecule has 1 aliphatic rings. The predicted molar refractivity (Wildman–Crippen MR) is 115 cm³/mol. The van der Waals surface area contributed by atoms with Crippen molar-refractivity contribution >= 4 is 34.9 Å². The summed E-state index contributed by atoms with van der Waals surface area (Å²) in [6.07, 6.45) is 0.417. The number of hydrogen-bond donors (Lipinski definition) is 2. The molecule has 0 bridgehead atoms. The quantitative estimate of drug-likeness (QED) is 0.534. The Balaban J connectivity index is 2.36.